The van der Waals surface area contributed by atoms with Crippen LogP contribution >= 0.6 is 11.6 Å². The van der Waals surface area contributed by atoms with Crippen molar-refractivity contribution in [2.75, 3.05) is 19.6 Å². The molecule has 0 saturated heterocycles. The second-order valence-corrected chi connectivity index (χ2v) is 6.06. The minimum atomic E-state index is -0.176. The Hall–Kier alpha value is -1.33. The first kappa shape index (κ1) is 18.7. The van der Waals surface area contributed by atoms with Gasteiger partial charge in [-0.2, -0.15) is 0 Å². The predicted octanol–water partition coefficient (Wildman–Crippen LogP) is 2.98. The minimum Gasteiger partial charge on any atom is -0.474 e. The van der Waals surface area contributed by atoms with E-state index in [1.165, 1.54) is 6.20 Å². The van der Waals surface area contributed by atoms with Crippen LogP contribution in [0.2, 0.25) is 5.02 Å². The van der Waals surface area contributed by atoms with E-state index in [-0.39, 0.29) is 12.0 Å². The number of rotatable bonds is 8. The number of carbonyl (C=O) groups excluding carboxylic acids is 1. The fraction of sp³-hybridized carbons (Fsp3) is 0.625. The normalized spacial score (nSPS) is 11.3. The van der Waals surface area contributed by atoms with Crippen molar-refractivity contribution >= 4 is 17.5 Å². The van der Waals surface area contributed by atoms with Gasteiger partial charge in [0.05, 0.1) is 11.7 Å². The van der Waals surface area contributed by atoms with Gasteiger partial charge in [0.2, 0.25) is 5.88 Å². The van der Waals surface area contributed by atoms with Gasteiger partial charge in [0.1, 0.15) is 5.02 Å². The lowest BCUT2D eigenvalue weighted by Crippen LogP contribution is -2.38. The van der Waals surface area contributed by atoms with Crippen molar-refractivity contribution in [2.45, 2.75) is 46.8 Å². The average Bonchev–Trinajstić information content (AvgIpc) is 2.44. The number of aromatic nitrogens is 1. The summed E-state index contributed by atoms with van der Waals surface area (Å²) in [6, 6.07) is 2.05. The molecule has 0 atom stereocenters. The van der Waals surface area contributed by atoms with Crippen LogP contribution in [0, 0.1) is 0 Å². The molecule has 0 spiro atoms. The van der Waals surface area contributed by atoms with Gasteiger partial charge in [-0.05, 0) is 40.3 Å². The van der Waals surface area contributed by atoms with E-state index in [4.69, 9.17) is 16.3 Å². The number of nitrogens with one attached hydrogen (secondary N) is 1. The van der Waals surface area contributed by atoms with E-state index in [0.29, 0.717) is 29.1 Å². The van der Waals surface area contributed by atoms with Crippen LogP contribution in [0.3, 0.4) is 0 Å². The number of nitrogens with zero attached hydrogens (tertiary/aromatic N) is 2. The summed E-state index contributed by atoms with van der Waals surface area (Å²) in [4.78, 5) is 18.5. The van der Waals surface area contributed by atoms with Gasteiger partial charge in [-0.15, -0.1) is 0 Å². The average molecular weight is 328 g/mol. The van der Waals surface area contributed by atoms with Gasteiger partial charge in [-0.25, -0.2) is 4.98 Å². The van der Waals surface area contributed by atoms with Crippen molar-refractivity contribution in [1.82, 2.24) is 15.2 Å². The number of hydrogen-bond acceptors (Lipinski definition) is 4. The molecule has 1 amide bonds. The topological polar surface area (TPSA) is 54.5 Å². The van der Waals surface area contributed by atoms with E-state index in [1.54, 1.807) is 6.07 Å². The summed E-state index contributed by atoms with van der Waals surface area (Å²) >= 11 is 6.09. The number of hydrogen-bond donors (Lipinski definition) is 1. The maximum atomic E-state index is 12.1. The van der Waals surface area contributed by atoms with E-state index in [0.717, 1.165) is 13.1 Å². The first-order chi connectivity index (χ1) is 10.3. The lowest BCUT2D eigenvalue weighted by atomic mass is 10.2. The lowest BCUT2D eigenvalue weighted by Gasteiger charge is -2.24. The van der Waals surface area contributed by atoms with E-state index in [1.807, 2.05) is 13.8 Å². The van der Waals surface area contributed by atoms with Crippen LogP contribution < -0.4 is 10.1 Å². The molecule has 0 unspecified atom stereocenters. The monoisotopic (exact) mass is 327 g/mol. The first-order valence-corrected chi connectivity index (χ1v) is 8.07. The van der Waals surface area contributed by atoms with Crippen LogP contribution in [-0.2, 0) is 0 Å². The third kappa shape index (κ3) is 5.81. The molecule has 1 rings (SSSR count). The van der Waals surface area contributed by atoms with Crippen LogP contribution in [0.15, 0.2) is 12.3 Å². The maximum absolute atomic E-state index is 12.1. The molecular weight excluding hydrogens is 302 g/mol. The third-order valence-corrected chi connectivity index (χ3v) is 3.51. The highest BCUT2D eigenvalue weighted by atomic mass is 35.5. The van der Waals surface area contributed by atoms with Gasteiger partial charge in [0.15, 0.2) is 0 Å². The van der Waals surface area contributed by atoms with Crippen LogP contribution in [0.1, 0.15) is 45.0 Å². The highest BCUT2D eigenvalue weighted by Gasteiger charge is 2.12. The minimum absolute atomic E-state index is 0.0132. The second kappa shape index (κ2) is 8.96. The molecule has 1 aromatic rings. The largest absolute Gasteiger partial charge is 0.474 e. The standard InChI is InChI=1S/C16H26ClN3O2/c1-6-20(11(2)3)8-7-18-15(21)13-9-14(17)16(19-10-13)22-12(4)5/h9-12H,6-8H2,1-5H3,(H,18,21). The Balaban J connectivity index is 2.57. The SMILES string of the molecule is CCN(CCNC(=O)c1cnc(OC(C)C)c(Cl)c1)C(C)C. The van der Waals surface area contributed by atoms with Gasteiger partial charge >= 0.3 is 0 Å². The molecule has 1 heterocycles. The van der Waals surface area contributed by atoms with Crippen LogP contribution in [0.4, 0.5) is 0 Å². The zero-order valence-corrected chi connectivity index (χ0v) is 14.8. The highest BCUT2D eigenvalue weighted by molar-refractivity contribution is 6.32. The lowest BCUT2D eigenvalue weighted by molar-refractivity contribution is 0.0945. The highest BCUT2D eigenvalue weighted by Crippen LogP contribution is 2.23. The second-order valence-electron chi connectivity index (χ2n) is 5.66. The number of amides is 1. The van der Waals surface area contributed by atoms with E-state index in [9.17, 15) is 4.79 Å². The molecule has 0 aliphatic heterocycles. The van der Waals surface area contributed by atoms with Crippen LogP contribution in [0.25, 0.3) is 0 Å². The molecule has 0 fully saturated rings. The Kier molecular flexibility index (Phi) is 7.62. The fourth-order valence-corrected chi connectivity index (χ4v) is 2.27. The molecule has 6 heteroatoms. The van der Waals surface area contributed by atoms with E-state index < -0.39 is 0 Å². The van der Waals surface area contributed by atoms with Gasteiger partial charge in [-0.3, -0.25) is 9.69 Å². The summed E-state index contributed by atoms with van der Waals surface area (Å²) in [5.41, 5.74) is 0.439. The molecule has 0 aliphatic carbocycles. The van der Waals surface area contributed by atoms with Crippen molar-refractivity contribution in [2.24, 2.45) is 0 Å². The Morgan fingerprint density at radius 1 is 1.41 bits per heavy atom. The summed E-state index contributed by atoms with van der Waals surface area (Å²) in [7, 11) is 0. The molecule has 0 saturated carbocycles. The van der Waals surface area contributed by atoms with Crippen molar-refractivity contribution < 1.29 is 9.53 Å². The van der Waals surface area contributed by atoms with Crippen molar-refractivity contribution in [3.8, 4) is 5.88 Å². The molecule has 0 radical (unpaired) electrons. The van der Waals surface area contributed by atoms with E-state index >= 15 is 0 Å². The number of halogens is 1. The van der Waals surface area contributed by atoms with Crippen molar-refractivity contribution in [3.63, 3.8) is 0 Å². The molecule has 0 aromatic carbocycles. The first-order valence-electron chi connectivity index (χ1n) is 7.69. The Labute approximate surface area is 138 Å². The smallest absolute Gasteiger partial charge is 0.252 e. The Bertz CT molecular complexity index is 492. The van der Waals surface area contributed by atoms with Crippen molar-refractivity contribution in [3.05, 3.63) is 22.8 Å². The predicted molar refractivity (Wildman–Crippen MR) is 89.7 cm³/mol. The molecule has 1 N–H and O–H groups in total. The molecule has 0 bridgehead atoms. The quantitative estimate of drug-likeness (QED) is 0.797. The zero-order chi connectivity index (χ0) is 16.7. The van der Waals surface area contributed by atoms with Gasteiger partial charge in [0.25, 0.3) is 5.91 Å². The third-order valence-electron chi connectivity index (χ3n) is 3.24. The summed E-state index contributed by atoms with van der Waals surface area (Å²) in [5.74, 6) is 0.176. The molecule has 124 valence electrons. The van der Waals surface area contributed by atoms with Crippen molar-refractivity contribution in [1.29, 1.82) is 0 Å². The molecule has 0 aliphatic rings. The van der Waals surface area contributed by atoms with Gasteiger partial charge in [-0.1, -0.05) is 18.5 Å². The number of pyridine rings is 1. The Morgan fingerprint density at radius 2 is 2.09 bits per heavy atom. The molecule has 5 nitrogen and oxygen atoms in total. The summed E-state index contributed by atoms with van der Waals surface area (Å²) < 4.78 is 5.45. The zero-order valence-electron chi connectivity index (χ0n) is 14.0. The molecular formula is C16H26ClN3O2. The molecule has 22 heavy (non-hydrogen) atoms. The summed E-state index contributed by atoms with van der Waals surface area (Å²) in [5, 5.41) is 3.23. The fourth-order valence-electron chi connectivity index (χ4n) is 2.06. The van der Waals surface area contributed by atoms with Gasteiger partial charge < -0.3 is 10.1 Å². The van der Waals surface area contributed by atoms with Gasteiger partial charge in [0, 0.05) is 25.3 Å². The molecule has 1 aromatic heterocycles. The Morgan fingerprint density at radius 3 is 2.59 bits per heavy atom. The summed E-state index contributed by atoms with van der Waals surface area (Å²) in [6.45, 7) is 12.5. The number of ether oxygens (including phenoxy) is 1. The number of carbonyl (C=O) groups is 1. The summed E-state index contributed by atoms with van der Waals surface area (Å²) in [6.07, 6.45) is 1.47. The van der Waals surface area contributed by atoms with E-state index in [2.05, 4.69) is 36.0 Å². The van der Waals surface area contributed by atoms with Crippen LogP contribution in [0.5, 0.6) is 5.88 Å². The number of likely N-dealkylation sites (N-methyl/N-ethyl adjacent to an activating group) is 1. The maximum Gasteiger partial charge on any atom is 0.252 e. The van der Waals surface area contributed by atoms with Crippen LogP contribution in [-0.4, -0.2) is 47.6 Å².